The molecular weight excluding hydrogens is 555 g/mol. The van der Waals surface area contributed by atoms with Crippen molar-refractivity contribution < 1.29 is 27.1 Å². The lowest BCUT2D eigenvalue weighted by molar-refractivity contribution is -0.131. The molecule has 1 aliphatic carbocycles. The summed E-state index contributed by atoms with van der Waals surface area (Å²) < 4.78 is 54.7. The lowest BCUT2D eigenvalue weighted by Crippen LogP contribution is -2.26. The van der Waals surface area contributed by atoms with Gasteiger partial charge in [0, 0.05) is 19.2 Å². The van der Waals surface area contributed by atoms with Crippen molar-refractivity contribution in [2.75, 3.05) is 17.9 Å². The normalized spacial score (nSPS) is 15.6. The number of halogens is 1. The van der Waals surface area contributed by atoms with E-state index in [0.717, 1.165) is 35.6 Å². The third kappa shape index (κ3) is 7.31. The zero-order chi connectivity index (χ0) is 29.9. The first-order chi connectivity index (χ1) is 20.0. The molecule has 9 heteroatoms. The standard InChI is InChI=1S/C33H39FN2O5S/c1-33(2,3)26-11-8-23(9-12-26)18-32(37)36-21-24-10-14-29(19-25(24)22-36)42(38,39)35-31-15-13-28(20-30(31)34)41-17-16-40-27-6-4-5-7-27/h8-15,19-20,27,35H,4-7,16-18,21-22H2,1-3H3. The van der Waals surface area contributed by atoms with Gasteiger partial charge in [-0.1, -0.05) is 63.9 Å². The largest absolute Gasteiger partial charge is 0.491 e. The van der Waals surface area contributed by atoms with Gasteiger partial charge in [-0.2, -0.15) is 0 Å². The molecule has 1 aliphatic heterocycles. The van der Waals surface area contributed by atoms with Crippen LogP contribution in [0.5, 0.6) is 5.75 Å². The van der Waals surface area contributed by atoms with E-state index in [1.807, 2.05) is 12.1 Å². The Morgan fingerprint density at radius 1 is 0.952 bits per heavy atom. The third-order valence-corrected chi connectivity index (χ3v) is 9.29. The Morgan fingerprint density at radius 2 is 1.67 bits per heavy atom. The number of carbonyl (C=O) groups is 1. The van der Waals surface area contributed by atoms with Crippen molar-refractivity contribution in [3.05, 3.63) is 88.7 Å². The van der Waals surface area contributed by atoms with Crippen molar-refractivity contribution in [2.24, 2.45) is 0 Å². The molecule has 7 nitrogen and oxygen atoms in total. The van der Waals surface area contributed by atoms with Crippen LogP contribution in [0.25, 0.3) is 0 Å². The lowest BCUT2D eigenvalue weighted by atomic mass is 9.86. The number of amides is 1. The number of anilines is 1. The van der Waals surface area contributed by atoms with Gasteiger partial charge in [-0.3, -0.25) is 9.52 Å². The minimum absolute atomic E-state index is 0.0112. The summed E-state index contributed by atoms with van der Waals surface area (Å²) in [6.07, 6.45) is 5.06. The van der Waals surface area contributed by atoms with Gasteiger partial charge in [0.25, 0.3) is 10.0 Å². The average Bonchev–Trinajstić information content (AvgIpc) is 3.62. The number of fused-ring (bicyclic) bond motifs is 1. The molecule has 1 saturated carbocycles. The number of ether oxygens (including phenoxy) is 2. The number of hydrogen-bond donors (Lipinski definition) is 1. The summed E-state index contributed by atoms with van der Waals surface area (Å²) in [5.41, 5.74) is 3.68. The first-order valence-corrected chi connectivity index (χ1v) is 16.0. The van der Waals surface area contributed by atoms with Crippen LogP contribution in [0.3, 0.4) is 0 Å². The zero-order valence-corrected chi connectivity index (χ0v) is 25.3. The second-order valence-corrected chi connectivity index (χ2v) is 13.9. The van der Waals surface area contributed by atoms with E-state index < -0.39 is 15.8 Å². The van der Waals surface area contributed by atoms with Crippen LogP contribution in [0.15, 0.2) is 65.6 Å². The highest BCUT2D eigenvalue weighted by atomic mass is 32.2. The van der Waals surface area contributed by atoms with E-state index in [1.165, 1.54) is 36.6 Å². The van der Waals surface area contributed by atoms with Crippen LogP contribution in [0.4, 0.5) is 10.1 Å². The summed E-state index contributed by atoms with van der Waals surface area (Å²) >= 11 is 0. The van der Waals surface area contributed by atoms with Gasteiger partial charge in [-0.25, -0.2) is 12.8 Å². The number of hydrogen-bond acceptors (Lipinski definition) is 5. The SMILES string of the molecule is CC(C)(C)c1ccc(CC(=O)N2Cc3ccc(S(=O)(=O)Nc4ccc(OCCOC5CCCC5)cc4F)cc3C2)cc1. The molecule has 0 unspecified atom stereocenters. The van der Waals surface area contributed by atoms with E-state index in [9.17, 15) is 17.6 Å². The fraction of sp³-hybridized carbons (Fsp3) is 0.424. The molecule has 0 saturated heterocycles. The highest BCUT2D eigenvalue weighted by Crippen LogP contribution is 2.29. The molecule has 224 valence electrons. The van der Waals surface area contributed by atoms with Gasteiger partial charge in [-0.15, -0.1) is 0 Å². The quantitative estimate of drug-likeness (QED) is 0.277. The van der Waals surface area contributed by atoms with Crippen molar-refractivity contribution in [3.8, 4) is 5.75 Å². The van der Waals surface area contributed by atoms with Gasteiger partial charge in [0.05, 0.1) is 29.7 Å². The molecule has 2 aliphatic rings. The highest BCUT2D eigenvalue weighted by Gasteiger charge is 2.26. The van der Waals surface area contributed by atoms with Crippen LogP contribution in [-0.2, 0) is 44.5 Å². The van der Waals surface area contributed by atoms with Crippen LogP contribution < -0.4 is 9.46 Å². The number of nitrogens with zero attached hydrogens (tertiary/aromatic N) is 1. The number of benzene rings is 3. The first-order valence-electron chi connectivity index (χ1n) is 14.5. The van der Waals surface area contributed by atoms with E-state index in [1.54, 1.807) is 17.0 Å². The lowest BCUT2D eigenvalue weighted by Gasteiger charge is -2.19. The smallest absolute Gasteiger partial charge is 0.261 e. The number of rotatable bonds is 10. The number of nitrogens with one attached hydrogen (secondary N) is 1. The second-order valence-electron chi connectivity index (χ2n) is 12.2. The van der Waals surface area contributed by atoms with E-state index in [2.05, 4.69) is 37.6 Å². The molecule has 1 amide bonds. The third-order valence-electron chi connectivity index (χ3n) is 7.93. The minimum atomic E-state index is -4.06. The van der Waals surface area contributed by atoms with Crippen molar-refractivity contribution in [1.82, 2.24) is 4.90 Å². The average molecular weight is 595 g/mol. The molecule has 0 atom stereocenters. The summed E-state index contributed by atoms with van der Waals surface area (Å²) in [6.45, 7) is 7.90. The van der Waals surface area contributed by atoms with E-state index in [-0.39, 0.29) is 34.4 Å². The van der Waals surface area contributed by atoms with Gasteiger partial charge < -0.3 is 14.4 Å². The van der Waals surface area contributed by atoms with Crippen molar-refractivity contribution in [2.45, 2.75) is 82.4 Å². The van der Waals surface area contributed by atoms with Crippen LogP contribution in [-0.4, -0.2) is 38.5 Å². The summed E-state index contributed by atoms with van der Waals surface area (Å²) in [4.78, 5) is 14.8. The Hall–Kier alpha value is -3.43. The highest BCUT2D eigenvalue weighted by molar-refractivity contribution is 7.92. The van der Waals surface area contributed by atoms with Crippen LogP contribution in [0.2, 0.25) is 0 Å². The van der Waals surface area contributed by atoms with Crippen LogP contribution in [0, 0.1) is 5.82 Å². The molecule has 3 aromatic carbocycles. The molecule has 3 aromatic rings. The molecule has 1 heterocycles. The summed E-state index contributed by atoms with van der Waals surface area (Å²) in [6, 6.07) is 16.9. The fourth-order valence-electron chi connectivity index (χ4n) is 5.42. The molecule has 0 spiro atoms. The maximum absolute atomic E-state index is 14.8. The molecular formula is C33H39FN2O5S. The van der Waals surface area contributed by atoms with Crippen LogP contribution in [0.1, 0.15) is 68.7 Å². The Kier molecular flexibility index (Phi) is 8.89. The predicted octanol–water partition coefficient (Wildman–Crippen LogP) is 6.35. The molecule has 1 fully saturated rings. The Balaban J connectivity index is 1.17. The number of sulfonamides is 1. The maximum Gasteiger partial charge on any atom is 0.261 e. The molecule has 0 radical (unpaired) electrons. The summed E-state index contributed by atoms with van der Waals surface area (Å²) in [5, 5.41) is 0. The van der Waals surface area contributed by atoms with Crippen molar-refractivity contribution in [1.29, 1.82) is 0 Å². The monoisotopic (exact) mass is 594 g/mol. The Morgan fingerprint density at radius 3 is 2.36 bits per heavy atom. The Labute approximate surface area is 248 Å². The van der Waals surface area contributed by atoms with E-state index in [4.69, 9.17) is 9.47 Å². The zero-order valence-electron chi connectivity index (χ0n) is 24.5. The Bertz CT molecular complexity index is 1530. The summed E-state index contributed by atoms with van der Waals surface area (Å²) in [7, 11) is -4.06. The topological polar surface area (TPSA) is 84.9 Å². The van der Waals surface area contributed by atoms with Crippen molar-refractivity contribution >= 4 is 21.6 Å². The van der Waals surface area contributed by atoms with Gasteiger partial charge in [0.1, 0.15) is 12.4 Å². The second kappa shape index (κ2) is 12.4. The van der Waals surface area contributed by atoms with Crippen molar-refractivity contribution in [3.63, 3.8) is 0 Å². The molecule has 1 N–H and O–H groups in total. The van der Waals surface area contributed by atoms with Gasteiger partial charge in [-0.05, 0) is 64.8 Å². The molecule has 0 bridgehead atoms. The minimum Gasteiger partial charge on any atom is -0.491 e. The fourth-order valence-corrected chi connectivity index (χ4v) is 6.54. The van der Waals surface area contributed by atoms with Crippen LogP contribution >= 0.6 is 0 Å². The van der Waals surface area contributed by atoms with Gasteiger partial charge in [0.15, 0.2) is 5.82 Å². The predicted molar refractivity (Wildman–Crippen MR) is 160 cm³/mol. The van der Waals surface area contributed by atoms with Gasteiger partial charge >= 0.3 is 0 Å². The van der Waals surface area contributed by atoms with E-state index >= 15 is 0 Å². The summed E-state index contributed by atoms with van der Waals surface area (Å²) in [5.74, 6) is -0.453. The first kappa shape index (κ1) is 30.0. The maximum atomic E-state index is 14.8. The number of carbonyl (C=O) groups excluding carboxylic acids is 1. The van der Waals surface area contributed by atoms with E-state index in [0.29, 0.717) is 32.1 Å². The molecule has 0 aromatic heterocycles. The van der Waals surface area contributed by atoms with Gasteiger partial charge in [0.2, 0.25) is 5.91 Å². The molecule has 42 heavy (non-hydrogen) atoms. The molecule has 5 rings (SSSR count).